The van der Waals surface area contributed by atoms with E-state index in [9.17, 15) is 8.42 Å². The van der Waals surface area contributed by atoms with Crippen molar-refractivity contribution in [3.63, 3.8) is 0 Å². The summed E-state index contributed by atoms with van der Waals surface area (Å²) >= 11 is 6.15. The summed E-state index contributed by atoms with van der Waals surface area (Å²) < 4.78 is 28.9. The standard InChI is InChI=1S/C13H22ClN5O2S/c1-10-12(13(14)17(3)15-10)22(20,21)19-7-6-18-5-4-16(2)8-11(18)9-19/h11H,4-9H2,1-3H3/t11-/m1/s1. The fraction of sp³-hybridized carbons (Fsp3) is 0.769. The monoisotopic (exact) mass is 347 g/mol. The molecule has 0 spiro atoms. The molecule has 0 saturated carbocycles. The first-order valence-corrected chi connectivity index (χ1v) is 9.24. The highest BCUT2D eigenvalue weighted by molar-refractivity contribution is 7.89. The van der Waals surface area contributed by atoms with Crippen LogP contribution < -0.4 is 0 Å². The maximum absolute atomic E-state index is 13.0. The Balaban J connectivity index is 1.87. The van der Waals surface area contributed by atoms with Crippen LogP contribution in [0.2, 0.25) is 5.15 Å². The first-order chi connectivity index (χ1) is 10.3. The fourth-order valence-electron chi connectivity index (χ4n) is 3.33. The van der Waals surface area contributed by atoms with Gasteiger partial charge in [-0.2, -0.15) is 9.40 Å². The normalized spacial score (nSPS) is 25.4. The molecule has 1 aromatic heterocycles. The Morgan fingerprint density at radius 1 is 1.14 bits per heavy atom. The molecule has 2 saturated heterocycles. The predicted octanol–water partition coefficient (Wildman–Crippen LogP) is 0.00222. The smallest absolute Gasteiger partial charge is 0.248 e. The van der Waals surface area contributed by atoms with Gasteiger partial charge in [0.2, 0.25) is 10.0 Å². The Kier molecular flexibility index (Phi) is 4.24. The Morgan fingerprint density at radius 3 is 2.45 bits per heavy atom. The number of hydrogen-bond acceptors (Lipinski definition) is 5. The number of piperazine rings is 2. The van der Waals surface area contributed by atoms with E-state index in [1.807, 2.05) is 0 Å². The molecule has 0 aromatic carbocycles. The van der Waals surface area contributed by atoms with Gasteiger partial charge < -0.3 is 4.90 Å². The van der Waals surface area contributed by atoms with Gasteiger partial charge in [-0.25, -0.2) is 8.42 Å². The highest BCUT2D eigenvalue weighted by Gasteiger charge is 2.38. The van der Waals surface area contributed by atoms with Crippen molar-refractivity contribution in [1.82, 2.24) is 23.9 Å². The van der Waals surface area contributed by atoms with Crippen LogP contribution >= 0.6 is 11.6 Å². The van der Waals surface area contributed by atoms with E-state index < -0.39 is 10.0 Å². The number of rotatable bonds is 2. The van der Waals surface area contributed by atoms with Gasteiger partial charge in [0.1, 0.15) is 10.0 Å². The zero-order valence-corrected chi connectivity index (χ0v) is 14.7. The molecule has 3 rings (SSSR count). The van der Waals surface area contributed by atoms with Gasteiger partial charge in [-0.15, -0.1) is 0 Å². The molecule has 2 aliphatic rings. The van der Waals surface area contributed by atoms with Gasteiger partial charge in [0.05, 0.1) is 5.69 Å². The van der Waals surface area contributed by atoms with Crippen LogP contribution in [0.5, 0.6) is 0 Å². The van der Waals surface area contributed by atoms with Crippen LogP contribution in [0.15, 0.2) is 4.90 Å². The summed E-state index contributed by atoms with van der Waals surface area (Å²) in [4.78, 5) is 4.78. The van der Waals surface area contributed by atoms with Crippen molar-refractivity contribution in [3.05, 3.63) is 10.8 Å². The molecule has 0 radical (unpaired) electrons. The molecule has 1 aromatic rings. The minimum absolute atomic E-state index is 0.147. The number of sulfonamides is 1. The minimum atomic E-state index is -3.60. The van der Waals surface area contributed by atoms with Gasteiger partial charge in [-0.1, -0.05) is 11.6 Å². The first kappa shape index (κ1) is 16.2. The van der Waals surface area contributed by atoms with E-state index in [0.717, 1.165) is 26.2 Å². The number of aryl methyl sites for hydroxylation is 2. The van der Waals surface area contributed by atoms with E-state index in [1.54, 1.807) is 18.3 Å². The molecule has 124 valence electrons. The summed E-state index contributed by atoms with van der Waals surface area (Å²) in [6.45, 7) is 6.41. The number of likely N-dealkylation sites (N-methyl/N-ethyl adjacent to an activating group) is 1. The average Bonchev–Trinajstić information content (AvgIpc) is 2.71. The van der Waals surface area contributed by atoms with E-state index >= 15 is 0 Å². The number of fused-ring (bicyclic) bond motifs is 1. The van der Waals surface area contributed by atoms with Gasteiger partial charge in [0.25, 0.3) is 0 Å². The lowest BCUT2D eigenvalue weighted by molar-refractivity contribution is 0.0466. The van der Waals surface area contributed by atoms with Crippen molar-refractivity contribution in [2.45, 2.75) is 17.9 Å². The van der Waals surface area contributed by atoms with Crippen LogP contribution in [0.1, 0.15) is 5.69 Å². The molecule has 1 atom stereocenters. The maximum atomic E-state index is 13.0. The number of nitrogens with zero attached hydrogens (tertiary/aromatic N) is 5. The van der Waals surface area contributed by atoms with E-state index in [2.05, 4.69) is 21.9 Å². The van der Waals surface area contributed by atoms with Gasteiger partial charge in [-0.3, -0.25) is 9.58 Å². The summed E-state index contributed by atoms with van der Waals surface area (Å²) in [5, 5.41) is 4.31. The van der Waals surface area contributed by atoms with Crippen molar-refractivity contribution < 1.29 is 8.42 Å². The third kappa shape index (κ3) is 2.67. The molecule has 0 unspecified atom stereocenters. The van der Waals surface area contributed by atoms with Crippen LogP contribution in [-0.2, 0) is 17.1 Å². The second-order valence-corrected chi connectivity index (χ2v) is 8.38. The third-order valence-corrected chi connectivity index (χ3v) is 7.12. The van der Waals surface area contributed by atoms with Crippen molar-refractivity contribution in [2.75, 3.05) is 46.3 Å². The van der Waals surface area contributed by atoms with Crippen molar-refractivity contribution in [3.8, 4) is 0 Å². The van der Waals surface area contributed by atoms with Crippen LogP contribution in [0.3, 0.4) is 0 Å². The molecule has 0 amide bonds. The number of halogens is 1. The van der Waals surface area contributed by atoms with Gasteiger partial charge in [0.15, 0.2) is 0 Å². The van der Waals surface area contributed by atoms with Crippen LogP contribution in [0, 0.1) is 6.92 Å². The van der Waals surface area contributed by atoms with Crippen molar-refractivity contribution in [1.29, 1.82) is 0 Å². The third-order valence-electron chi connectivity index (χ3n) is 4.56. The lowest BCUT2D eigenvalue weighted by Crippen LogP contribution is -2.62. The summed E-state index contributed by atoms with van der Waals surface area (Å²) in [7, 11) is 0.134. The molecule has 22 heavy (non-hydrogen) atoms. The molecular weight excluding hydrogens is 326 g/mol. The summed E-state index contributed by atoms with van der Waals surface area (Å²) in [6.07, 6.45) is 0. The largest absolute Gasteiger partial charge is 0.303 e. The lowest BCUT2D eigenvalue weighted by atomic mass is 10.1. The van der Waals surface area contributed by atoms with Gasteiger partial charge >= 0.3 is 0 Å². The van der Waals surface area contributed by atoms with E-state index in [1.165, 1.54) is 4.68 Å². The predicted molar refractivity (Wildman–Crippen MR) is 84.6 cm³/mol. The molecule has 0 N–H and O–H groups in total. The molecule has 7 nitrogen and oxygen atoms in total. The quantitative estimate of drug-likeness (QED) is 0.753. The van der Waals surface area contributed by atoms with Crippen LogP contribution in [0.25, 0.3) is 0 Å². The molecule has 3 heterocycles. The second kappa shape index (κ2) is 5.76. The van der Waals surface area contributed by atoms with Crippen molar-refractivity contribution >= 4 is 21.6 Å². The Morgan fingerprint density at radius 2 is 1.82 bits per heavy atom. The molecule has 2 aliphatic heterocycles. The Labute approximate surface area is 136 Å². The summed E-state index contributed by atoms with van der Waals surface area (Å²) in [5.74, 6) is 0. The zero-order chi connectivity index (χ0) is 16.1. The van der Waals surface area contributed by atoms with E-state index in [0.29, 0.717) is 18.8 Å². The van der Waals surface area contributed by atoms with Crippen LogP contribution in [-0.4, -0.2) is 84.7 Å². The fourth-order valence-corrected chi connectivity index (χ4v) is 5.51. The molecule has 9 heteroatoms. The second-order valence-electron chi connectivity index (χ2n) is 6.14. The number of aromatic nitrogens is 2. The first-order valence-electron chi connectivity index (χ1n) is 7.42. The Hall–Kier alpha value is -0.670. The summed E-state index contributed by atoms with van der Waals surface area (Å²) in [5.41, 5.74) is 0.454. The average molecular weight is 348 g/mol. The molecule has 0 bridgehead atoms. The lowest BCUT2D eigenvalue weighted by Gasteiger charge is -2.45. The van der Waals surface area contributed by atoms with Gasteiger partial charge in [-0.05, 0) is 14.0 Å². The minimum Gasteiger partial charge on any atom is -0.303 e. The maximum Gasteiger partial charge on any atom is 0.248 e. The molecule has 0 aliphatic carbocycles. The zero-order valence-electron chi connectivity index (χ0n) is 13.2. The van der Waals surface area contributed by atoms with Gasteiger partial charge in [0, 0.05) is 52.4 Å². The highest BCUT2D eigenvalue weighted by Crippen LogP contribution is 2.29. The highest BCUT2D eigenvalue weighted by atomic mass is 35.5. The van der Waals surface area contributed by atoms with E-state index in [-0.39, 0.29) is 16.1 Å². The topological polar surface area (TPSA) is 61.7 Å². The molecule has 2 fully saturated rings. The van der Waals surface area contributed by atoms with E-state index in [4.69, 9.17) is 11.6 Å². The van der Waals surface area contributed by atoms with Crippen LogP contribution in [0.4, 0.5) is 0 Å². The SMILES string of the molecule is Cc1nn(C)c(Cl)c1S(=O)(=O)N1CCN2CCN(C)C[C@@H]2C1. The van der Waals surface area contributed by atoms with Crippen molar-refractivity contribution in [2.24, 2.45) is 7.05 Å². The molecular formula is C13H22ClN5O2S. The Bertz CT molecular complexity index is 674. The summed E-state index contributed by atoms with van der Waals surface area (Å²) in [6, 6.07) is 0.248. The number of hydrogen-bond donors (Lipinski definition) is 0.